The van der Waals surface area contributed by atoms with Crippen molar-refractivity contribution in [1.82, 2.24) is 4.98 Å². The monoisotopic (exact) mass is 297 g/mol. The second-order valence-corrected chi connectivity index (χ2v) is 5.99. The van der Waals surface area contributed by atoms with E-state index < -0.39 is 0 Å². The molecule has 1 heterocycles. The summed E-state index contributed by atoms with van der Waals surface area (Å²) in [7, 11) is 0. The average molecular weight is 297 g/mol. The lowest BCUT2D eigenvalue weighted by molar-refractivity contribution is 0.101. The van der Waals surface area contributed by atoms with E-state index >= 15 is 0 Å². The summed E-state index contributed by atoms with van der Waals surface area (Å²) in [6.07, 6.45) is 5.51. The summed E-state index contributed by atoms with van der Waals surface area (Å²) in [4.78, 5) is 15.3. The molecule has 22 heavy (non-hydrogen) atoms. The highest BCUT2D eigenvalue weighted by molar-refractivity contribution is 6.04. The molecule has 0 N–H and O–H groups in total. The summed E-state index contributed by atoms with van der Waals surface area (Å²) in [5.74, 6) is 0.851. The zero-order chi connectivity index (χ0) is 16.5. The summed E-state index contributed by atoms with van der Waals surface area (Å²) in [5, 5.41) is 1.99. The molecule has 1 atom stereocenters. The minimum atomic E-state index is 0.0109. The number of Topliss-reactive ketones (excluding diaryl/α,β-unsaturated/α-hetero) is 1. The van der Waals surface area contributed by atoms with E-state index in [1.54, 1.807) is 6.20 Å². The molecule has 0 aliphatic carbocycles. The number of carbonyl (C=O) groups is 1. The first-order valence-corrected chi connectivity index (χ1v) is 7.94. The van der Waals surface area contributed by atoms with E-state index in [9.17, 15) is 4.79 Å². The van der Waals surface area contributed by atoms with Gasteiger partial charge >= 0.3 is 0 Å². The van der Waals surface area contributed by atoms with Crippen LogP contribution in [0.25, 0.3) is 10.8 Å². The highest BCUT2D eigenvalue weighted by Crippen LogP contribution is 2.16. The number of rotatable bonds is 5. The molecule has 1 aromatic heterocycles. The number of allylic oxidation sites excluding steroid dienone is 1. The number of benzene rings is 1. The molecule has 1 aromatic carbocycles. The predicted molar refractivity (Wildman–Crippen MR) is 95.3 cm³/mol. The highest BCUT2D eigenvalue weighted by Gasteiger charge is 2.04. The maximum atomic E-state index is 11.2. The summed E-state index contributed by atoms with van der Waals surface area (Å²) in [6, 6.07) is 9.66. The van der Waals surface area contributed by atoms with Crippen LogP contribution in [0.15, 0.2) is 48.7 Å². The fourth-order valence-electron chi connectivity index (χ4n) is 2.59. The molecule has 0 bridgehead atoms. The maximum absolute atomic E-state index is 11.2. The van der Waals surface area contributed by atoms with Gasteiger partial charge in [0.2, 0.25) is 0 Å². The number of hydrogen-bond donors (Lipinski definition) is 0. The molecule has 2 aromatic rings. The van der Waals surface area contributed by atoms with E-state index in [1.807, 2.05) is 30.3 Å². The smallest absolute Gasteiger partial charge is 0.178 e. The molecule has 2 nitrogen and oxygen atoms in total. The summed E-state index contributed by atoms with van der Waals surface area (Å²) in [6.45, 7) is 12.0. The van der Waals surface area contributed by atoms with Crippen molar-refractivity contribution in [1.29, 1.82) is 0 Å². The van der Waals surface area contributed by atoms with E-state index in [-0.39, 0.29) is 5.78 Å². The Labute approximate surface area is 134 Å². The summed E-state index contributed by atoms with van der Waals surface area (Å²) >= 11 is 0. The van der Waals surface area contributed by atoms with Crippen LogP contribution in [-0.2, 0) is 0 Å². The van der Waals surface area contributed by atoms with Gasteiger partial charge in [-0.3, -0.25) is 9.78 Å². The van der Waals surface area contributed by atoms with Gasteiger partial charge < -0.3 is 0 Å². The predicted octanol–water partition coefficient (Wildman–Crippen LogP) is 5.83. The number of fused-ring (bicyclic) bond motifs is 1. The number of aromatic nitrogens is 1. The van der Waals surface area contributed by atoms with E-state index in [1.165, 1.54) is 31.8 Å². The van der Waals surface area contributed by atoms with Gasteiger partial charge in [0.1, 0.15) is 5.69 Å². The first kappa shape index (κ1) is 18.1. The van der Waals surface area contributed by atoms with Crippen molar-refractivity contribution in [2.75, 3.05) is 0 Å². The van der Waals surface area contributed by atoms with Crippen LogP contribution in [0.4, 0.5) is 0 Å². The molecule has 0 saturated heterocycles. The average Bonchev–Trinajstić information content (AvgIpc) is 2.46. The SMILES string of the molecule is C=C(C)C[C@H](C)CCC.CC(=O)c1nccc2ccccc12. The summed E-state index contributed by atoms with van der Waals surface area (Å²) < 4.78 is 0. The zero-order valence-corrected chi connectivity index (χ0v) is 14.2. The molecule has 118 valence electrons. The Morgan fingerprint density at radius 3 is 2.50 bits per heavy atom. The van der Waals surface area contributed by atoms with Crippen LogP contribution in [0.2, 0.25) is 0 Å². The fraction of sp³-hybridized carbons (Fsp3) is 0.400. The highest BCUT2D eigenvalue weighted by atomic mass is 16.1. The van der Waals surface area contributed by atoms with Crippen molar-refractivity contribution >= 4 is 16.6 Å². The van der Waals surface area contributed by atoms with Crippen LogP contribution < -0.4 is 0 Å². The largest absolute Gasteiger partial charge is 0.293 e. The van der Waals surface area contributed by atoms with E-state index in [4.69, 9.17) is 0 Å². The number of hydrogen-bond acceptors (Lipinski definition) is 2. The molecule has 0 fully saturated rings. The lowest BCUT2D eigenvalue weighted by Crippen LogP contribution is -1.96. The molecule has 0 amide bonds. The number of ketones is 1. The van der Waals surface area contributed by atoms with Crippen LogP contribution >= 0.6 is 0 Å². The molecule has 0 aliphatic heterocycles. The van der Waals surface area contributed by atoms with Crippen molar-refractivity contribution < 1.29 is 4.79 Å². The van der Waals surface area contributed by atoms with Crippen LogP contribution in [0.1, 0.15) is 57.4 Å². The molecular weight excluding hydrogens is 270 g/mol. The Kier molecular flexibility index (Phi) is 7.51. The third-order valence-corrected chi connectivity index (χ3v) is 3.49. The Morgan fingerprint density at radius 1 is 1.23 bits per heavy atom. The third kappa shape index (κ3) is 5.80. The Balaban J connectivity index is 0.000000239. The number of nitrogens with zero attached hydrogens (tertiary/aromatic N) is 1. The topological polar surface area (TPSA) is 30.0 Å². The number of pyridine rings is 1. The third-order valence-electron chi connectivity index (χ3n) is 3.49. The Bertz CT molecular complexity index is 625. The minimum Gasteiger partial charge on any atom is -0.293 e. The zero-order valence-electron chi connectivity index (χ0n) is 14.2. The molecule has 0 unspecified atom stereocenters. The maximum Gasteiger partial charge on any atom is 0.178 e. The molecule has 0 saturated carbocycles. The molecule has 2 rings (SSSR count). The number of carbonyl (C=O) groups excluding carboxylic acids is 1. The van der Waals surface area contributed by atoms with Gasteiger partial charge in [0, 0.05) is 18.5 Å². The molecule has 0 spiro atoms. The van der Waals surface area contributed by atoms with Gasteiger partial charge in [-0.25, -0.2) is 0 Å². The van der Waals surface area contributed by atoms with E-state index in [0.717, 1.165) is 16.7 Å². The second-order valence-electron chi connectivity index (χ2n) is 5.99. The van der Waals surface area contributed by atoms with Crippen molar-refractivity contribution in [3.63, 3.8) is 0 Å². The molecule has 2 heteroatoms. The van der Waals surface area contributed by atoms with Crippen molar-refractivity contribution in [3.05, 3.63) is 54.4 Å². The minimum absolute atomic E-state index is 0.0109. The van der Waals surface area contributed by atoms with Gasteiger partial charge in [-0.15, -0.1) is 6.58 Å². The Morgan fingerprint density at radius 2 is 1.91 bits per heavy atom. The second kappa shape index (κ2) is 9.14. The van der Waals surface area contributed by atoms with Crippen molar-refractivity contribution in [3.8, 4) is 0 Å². The van der Waals surface area contributed by atoms with Gasteiger partial charge in [0.25, 0.3) is 0 Å². The van der Waals surface area contributed by atoms with Crippen LogP contribution in [-0.4, -0.2) is 10.8 Å². The molecule has 0 aliphatic rings. The van der Waals surface area contributed by atoms with Gasteiger partial charge in [0.05, 0.1) is 0 Å². The Hall–Kier alpha value is -1.96. The van der Waals surface area contributed by atoms with E-state index in [0.29, 0.717) is 5.69 Å². The van der Waals surface area contributed by atoms with Gasteiger partial charge in [-0.1, -0.05) is 56.5 Å². The standard InChI is InChI=1S/C11H9NO.C9H18/c1-8(13)11-10-5-3-2-4-9(10)6-7-12-11;1-5-6-9(4)7-8(2)3/h2-7H,1H3;9H,2,5-7H2,1,3-4H3/t;9-/m.1/s1. The lowest BCUT2D eigenvalue weighted by Gasteiger charge is -2.07. The fourth-order valence-corrected chi connectivity index (χ4v) is 2.59. The molecular formula is C20H27NO. The van der Waals surface area contributed by atoms with Crippen LogP contribution in [0.5, 0.6) is 0 Å². The summed E-state index contributed by atoms with van der Waals surface area (Å²) in [5.41, 5.74) is 1.87. The van der Waals surface area contributed by atoms with Crippen molar-refractivity contribution in [2.24, 2.45) is 5.92 Å². The lowest BCUT2D eigenvalue weighted by atomic mass is 9.99. The van der Waals surface area contributed by atoms with Crippen LogP contribution in [0, 0.1) is 5.92 Å². The van der Waals surface area contributed by atoms with E-state index in [2.05, 4.69) is 32.3 Å². The quantitative estimate of drug-likeness (QED) is 0.513. The van der Waals surface area contributed by atoms with Gasteiger partial charge in [-0.05, 0) is 30.7 Å². The van der Waals surface area contributed by atoms with Crippen molar-refractivity contribution in [2.45, 2.75) is 47.0 Å². The normalized spacial score (nSPS) is 11.5. The first-order chi connectivity index (χ1) is 10.5. The first-order valence-electron chi connectivity index (χ1n) is 7.94. The van der Waals surface area contributed by atoms with Gasteiger partial charge in [0.15, 0.2) is 5.78 Å². The van der Waals surface area contributed by atoms with Gasteiger partial charge in [-0.2, -0.15) is 0 Å². The molecule has 0 radical (unpaired) electrons. The van der Waals surface area contributed by atoms with Crippen LogP contribution in [0.3, 0.4) is 0 Å².